The lowest BCUT2D eigenvalue weighted by Gasteiger charge is -2.34. The monoisotopic (exact) mass is 220 g/mol. The molecule has 1 saturated heterocycles. The molecule has 0 saturated carbocycles. The smallest absolute Gasteiger partial charge is 0.0694 e. The predicted octanol–water partition coefficient (Wildman–Crippen LogP) is 2.63. The summed E-state index contributed by atoms with van der Waals surface area (Å²) in [6.07, 6.45) is 0.966. The Balaban J connectivity index is 2.47. The highest BCUT2D eigenvalue weighted by molar-refractivity contribution is 8.07. The fraction of sp³-hybridized carbons (Fsp3) is 1.00. The first-order chi connectivity index (χ1) is 6.16. The summed E-state index contributed by atoms with van der Waals surface area (Å²) >= 11 is 3.95. The van der Waals surface area contributed by atoms with E-state index in [1.807, 2.05) is 23.5 Å². The third-order valence-electron chi connectivity index (χ3n) is 2.80. The molecule has 13 heavy (non-hydrogen) atoms. The summed E-state index contributed by atoms with van der Waals surface area (Å²) in [7, 11) is 0. The van der Waals surface area contributed by atoms with Gasteiger partial charge in [0.2, 0.25) is 0 Å². The molecule has 1 rings (SSSR count). The van der Waals surface area contributed by atoms with Gasteiger partial charge in [-0.25, -0.2) is 0 Å². The van der Waals surface area contributed by atoms with Gasteiger partial charge < -0.3 is 5.11 Å². The lowest BCUT2D eigenvalue weighted by atomic mass is 9.98. The lowest BCUT2D eigenvalue weighted by molar-refractivity contribution is 0.112. The van der Waals surface area contributed by atoms with Gasteiger partial charge in [-0.15, -0.1) is 0 Å². The van der Waals surface area contributed by atoms with Crippen LogP contribution in [0, 0.1) is 5.92 Å². The van der Waals surface area contributed by atoms with Crippen LogP contribution in [0.2, 0.25) is 0 Å². The van der Waals surface area contributed by atoms with Gasteiger partial charge in [-0.3, -0.25) is 0 Å². The van der Waals surface area contributed by atoms with E-state index in [0.717, 1.165) is 6.42 Å². The number of aliphatic hydroxyl groups excluding tert-OH is 1. The van der Waals surface area contributed by atoms with Crippen molar-refractivity contribution >= 4 is 23.5 Å². The van der Waals surface area contributed by atoms with Crippen LogP contribution in [0.15, 0.2) is 0 Å². The molecule has 0 amide bonds. The van der Waals surface area contributed by atoms with E-state index in [1.165, 1.54) is 11.5 Å². The van der Waals surface area contributed by atoms with Crippen molar-refractivity contribution in [2.45, 2.75) is 43.8 Å². The first kappa shape index (κ1) is 11.7. The Labute approximate surface area is 90.1 Å². The Morgan fingerprint density at radius 2 is 2.00 bits per heavy atom. The summed E-state index contributed by atoms with van der Waals surface area (Å²) in [5, 5.41) is 11.1. The van der Waals surface area contributed by atoms with Crippen molar-refractivity contribution in [1.29, 1.82) is 0 Å². The summed E-state index contributed by atoms with van der Waals surface area (Å²) in [6, 6.07) is 0. The number of hydrogen-bond donors (Lipinski definition) is 1. The molecule has 78 valence electrons. The lowest BCUT2D eigenvalue weighted by Crippen LogP contribution is -2.38. The average molecular weight is 220 g/mol. The molecule has 0 aromatic carbocycles. The van der Waals surface area contributed by atoms with Crippen LogP contribution in [0.4, 0.5) is 0 Å². The Morgan fingerprint density at radius 3 is 2.54 bits per heavy atom. The van der Waals surface area contributed by atoms with E-state index >= 15 is 0 Å². The van der Waals surface area contributed by atoms with Crippen LogP contribution < -0.4 is 0 Å². The van der Waals surface area contributed by atoms with Gasteiger partial charge in [0.05, 0.1) is 6.10 Å². The van der Waals surface area contributed by atoms with Crippen LogP contribution in [-0.2, 0) is 0 Å². The second kappa shape index (κ2) is 5.52. The van der Waals surface area contributed by atoms with Crippen LogP contribution in [0.3, 0.4) is 0 Å². The van der Waals surface area contributed by atoms with Gasteiger partial charge in [0, 0.05) is 22.0 Å². The van der Waals surface area contributed by atoms with E-state index in [0.29, 0.717) is 16.4 Å². The van der Waals surface area contributed by atoms with Crippen LogP contribution in [0.5, 0.6) is 0 Å². The molecule has 0 bridgehead atoms. The summed E-state index contributed by atoms with van der Waals surface area (Å²) in [4.78, 5) is 0. The summed E-state index contributed by atoms with van der Waals surface area (Å²) < 4.78 is 0. The molecule has 0 aromatic rings. The topological polar surface area (TPSA) is 20.2 Å². The maximum Gasteiger partial charge on any atom is 0.0694 e. The van der Waals surface area contributed by atoms with E-state index in [4.69, 9.17) is 0 Å². The van der Waals surface area contributed by atoms with Crippen molar-refractivity contribution in [2.24, 2.45) is 5.92 Å². The van der Waals surface area contributed by atoms with Crippen LogP contribution >= 0.6 is 23.5 Å². The number of hydrogen-bond acceptors (Lipinski definition) is 3. The molecule has 4 atom stereocenters. The van der Waals surface area contributed by atoms with Gasteiger partial charge >= 0.3 is 0 Å². The molecule has 1 N–H and O–H groups in total. The molecule has 0 radical (unpaired) electrons. The molecule has 1 aliphatic heterocycles. The van der Waals surface area contributed by atoms with Gasteiger partial charge in [-0.05, 0) is 5.92 Å². The molecule has 1 fully saturated rings. The minimum Gasteiger partial charge on any atom is -0.392 e. The van der Waals surface area contributed by atoms with Crippen molar-refractivity contribution in [3.05, 3.63) is 0 Å². The number of thioether (sulfide) groups is 2. The van der Waals surface area contributed by atoms with Crippen molar-refractivity contribution in [2.75, 3.05) is 11.5 Å². The third kappa shape index (κ3) is 3.07. The van der Waals surface area contributed by atoms with Gasteiger partial charge in [0.15, 0.2) is 0 Å². The molecule has 3 heteroatoms. The second-order valence-electron chi connectivity index (χ2n) is 3.79. The zero-order valence-electron chi connectivity index (χ0n) is 8.69. The maximum atomic E-state index is 10.1. The van der Waals surface area contributed by atoms with Crippen molar-refractivity contribution < 1.29 is 5.11 Å². The predicted molar refractivity (Wildman–Crippen MR) is 63.6 cm³/mol. The standard InChI is InChI=1S/C10H20OS2/c1-4-7(2)9(11)10-8(3)12-5-6-13-10/h7-11H,4-6H2,1-3H3. The van der Waals surface area contributed by atoms with Crippen molar-refractivity contribution in [3.63, 3.8) is 0 Å². The highest BCUT2D eigenvalue weighted by Crippen LogP contribution is 2.35. The first-order valence-electron chi connectivity index (χ1n) is 5.08. The van der Waals surface area contributed by atoms with Crippen molar-refractivity contribution in [1.82, 2.24) is 0 Å². The molecule has 0 spiro atoms. The maximum absolute atomic E-state index is 10.1. The van der Waals surface area contributed by atoms with Gasteiger partial charge in [-0.2, -0.15) is 23.5 Å². The summed E-state index contributed by atoms with van der Waals surface area (Å²) in [5.41, 5.74) is 0. The molecule has 1 aliphatic rings. The fourth-order valence-electron chi connectivity index (χ4n) is 1.59. The molecule has 0 aromatic heterocycles. The zero-order valence-corrected chi connectivity index (χ0v) is 10.3. The van der Waals surface area contributed by atoms with Gasteiger partial charge in [0.25, 0.3) is 0 Å². The highest BCUT2D eigenvalue weighted by Gasteiger charge is 2.31. The van der Waals surface area contributed by atoms with Gasteiger partial charge in [0.1, 0.15) is 0 Å². The van der Waals surface area contributed by atoms with Crippen LogP contribution in [-0.4, -0.2) is 33.2 Å². The zero-order chi connectivity index (χ0) is 9.84. The highest BCUT2D eigenvalue weighted by atomic mass is 32.2. The molecule has 4 unspecified atom stereocenters. The molecule has 1 heterocycles. The molecular formula is C10H20OS2. The van der Waals surface area contributed by atoms with E-state index in [-0.39, 0.29) is 6.10 Å². The van der Waals surface area contributed by atoms with Crippen molar-refractivity contribution in [3.8, 4) is 0 Å². The van der Waals surface area contributed by atoms with E-state index in [2.05, 4.69) is 20.8 Å². The Bertz CT molecular complexity index is 152. The number of rotatable bonds is 3. The average Bonchev–Trinajstić information content (AvgIpc) is 2.16. The molecular weight excluding hydrogens is 200 g/mol. The third-order valence-corrected chi connectivity index (χ3v) is 6.00. The first-order valence-corrected chi connectivity index (χ1v) is 7.17. The second-order valence-corrected chi connectivity index (χ2v) is 6.56. The Hall–Kier alpha value is 0.660. The van der Waals surface area contributed by atoms with Gasteiger partial charge in [-0.1, -0.05) is 27.2 Å². The van der Waals surface area contributed by atoms with E-state index in [1.54, 1.807) is 0 Å². The minimum absolute atomic E-state index is 0.113. The molecule has 1 nitrogen and oxygen atoms in total. The number of aliphatic hydroxyl groups is 1. The van der Waals surface area contributed by atoms with Crippen LogP contribution in [0.25, 0.3) is 0 Å². The summed E-state index contributed by atoms with van der Waals surface area (Å²) in [5.74, 6) is 2.89. The van der Waals surface area contributed by atoms with E-state index in [9.17, 15) is 5.11 Å². The molecule has 0 aliphatic carbocycles. The summed E-state index contributed by atoms with van der Waals surface area (Å²) in [6.45, 7) is 6.55. The fourth-order valence-corrected chi connectivity index (χ4v) is 4.56. The minimum atomic E-state index is -0.113. The van der Waals surface area contributed by atoms with E-state index < -0.39 is 0 Å². The Morgan fingerprint density at radius 1 is 1.38 bits per heavy atom. The SMILES string of the molecule is CCC(C)C(O)C1SCCSC1C. The van der Waals surface area contributed by atoms with Crippen LogP contribution in [0.1, 0.15) is 27.2 Å². The Kier molecular flexibility index (Phi) is 4.98. The quantitative estimate of drug-likeness (QED) is 0.789. The normalized spacial score (nSPS) is 34.2. The largest absolute Gasteiger partial charge is 0.392 e.